The van der Waals surface area contributed by atoms with Gasteiger partial charge in [-0.05, 0) is 131 Å². The summed E-state index contributed by atoms with van der Waals surface area (Å²) in [4.78, 5) is 2.58. The second-order valence-corrected chi connectivity index (χ2v) is 14.7. The molecule has 0 aromatic heterocycles. The first-order chi connectivity index (χ1) is 28.1. The van der Waals surface area contributed by atoms with Crippen LogP contribution in [-0.4, -0.2) is 6.04 Å². The number of fused-ring (bicyclic) bond motifs is 7. The summed E-state index contributed by atoms with van der Waals surface area (Å²) < 4.78 is 0. The number of aryl methyl sites for hydroxylation is 1. The molecular formula is C56H53N. The number of rotatable bonds is 9. The zero-order valence-electron chi connectivity index (χ0n) is 33.5. The maximum atomic E-state index is 4.32. The molecule has 0 radical (unpaired) electrons. The number of hydrogen-bond acceptors (Lipinski definition) is 1. The van der Waals surface area contributed by atoms with Gasteiger partial charge in [-0.15, -0.1) is 13.2 Å². The first-order valence-electron chi connectivity index (χ1n) is 20.2. The number of benzene rings is 5. The third kappa shape index (κ3) is 7.23. The lowest BCUT2D eigenvalue weighted by Gasteiger charge is -2.39. The van der Waals surface area contributed by atoms with Crippen molar-refractivity contribution in [2.45, 2.75) is 51.0 Å². The smallest absolute Gasteiger partial charge is 0.0631 e. The van der Waals surface area contributed by atoms with Gasteiger partial charge in [0, 0.05) is 11.4 Å². The maximum Gasteiger partial charge on any atom is 0.0631 e. The molecule has 0 saturated carbocycles. The van der Waals surface area contributed by atoms with Gasteiger partial charge in [0.1, 0.15) is 0 Å². The van der Waals surface area contributed by atoms with E-state index in [4.69, 9.17) is 0 Å². The highest BCUT2D eigenvalue weighted by Crippen LogP contribution is 2.58. The van der Waals surface area contributed by atoms with Gasteiger partial charge in [-0.2, -0.15) is 0 Å². The molecule has 3 aliphatic carbocycles. The monoisotopic (exact) mass is 739 g/mol. The van der Waals surface area contributed by atoms with Crippen LogP contribution < -0.4 is 4.90 Å². The fraction of sp³-hybridized carbons (Fsp3) is 0.143. The van der Waals surface area contributed by atoms with Crippen molar-refractivity contribution < 1.29 is 0 Å². The van der Waals surface area contributed by atoms with Crippen molar-refractivity contribution in [1.29, 1.82) is 0 Å². The van der Waals surface area contributed by atoms with Crippen molar-refractivity contribution >= 4 is 22.5 Å². The van der Waals surface area contributed by atoms with Crippen LogP contribution in [-0.2, 0) is 11.8 Å². The highest BCUT2D eigenvalue weighted by Gasteiger charge is 2.47. The fourth-order valence-electron chi connectivity index (χ4n) is 9.25. The van der Waals surface area contributed by atoms with Crippen molar-refractivity contribution in [2.75, 3.05) is 4.90 Å². The summed E-state index contributed by atoms with van der Waals surface area (Å²) in [7, 11) is 0. The summed E-state index contributed by atoms with van der Waals surface area (Å²) in [5.41, 5.74) is 17.7. The summed E-state index contributed by atoms with van der Waals surface area (Å²) >= 11 is 0. The molecule has 0 aliphatic heterocycles. The van der Waals surface area contributed by atoms with Gasteiger partial charge in [0.2, 0.25) is 0 Å². The molecule has 0 amide bonds. The van der Waals surface area contributed by atoms with E-state index >= 15 is 0 Å². The van der Waals surface area contributed by atoms with E-state index in [0.717, 1.165) is 42.5 Å². The van der Waals surface area contributed by atoms with E-state index in [-0.39, 0.29) is 11.5 Å². The van der Waals surface area contributed by atoms with Gasteiger partial charge in [0.15, 0.2) is 0 Å². The van der Waals surface area contributed by atoms with Crippen LogP contribution in [0.1, 0.15) is 66.5 Å². The topological polar surface area (TPSA) is 3.24 Å². The molecule has 282 valence electrons. The third-order valence-electron chi connectivity index (χ3n) is 11.8. The van der Waals surface area contributed by atoms with Crippen LogP contribution in [0.3, 0.4) is 0 Å². The molecule has 0 heterocycles. The molecule has 0 bridgehead atoms. The highest BCUT2D eigenvalue weighted by atomic mass is 15.2. The Bertz CT molecular complexity index is 2440. The average molecular weight is 740 g/mol. The van der Waals surface area contributed by atoms with E-state index in [1.807, 2.05) is 13.0 Å². The molecule has 0 N–H and O–H groups in total. The van der Waals surface area contributed by atoms with Gasteiger partial charge in [-0.1, -0.05) is 171 Å². The summed E-state index contributed by atoms with van der Waals surface area (Å²) in [6.07, 6.45) is 25.4. The van der Waals surface area contributed by atoms with E-state index in [0.29, 0.717) is 0 Å². The Morgan fingerprint density at radius 3 is 2.14 bits per heavy atom. The molecule has 1 heteroatoms. The zero-order chi connectivity index (χ0) is 39.8. The SMILES string of the molecule is C=C.C=C/C1=C(\C=C/C)CC2(c3ccccc3CC1)c1ccccc1-c1ccc(N(c3ccc(/C(C=C)=C/C=C\C)cc3)C3CC=CC=C3c3ccccc3)cc12. The van der Waals surface area contributed by atoms with Gasteiger partial charge in [0.05, 0.1) is 11.5 Å². The first-order valence-corrected chi connectivity index (χ1v) is 20.2. The molecule has 1 spiro atoms. The van der Waals surface area contributed by atoms with Crippen molar-refractivity contribution in [3.05, 3.63) is 253 Å². The van der Waals surface area contributed by atoms with Crippen molar-refractivity contribution in [1.82, 2.24) is 0 Å². The van der Waals surface area contributed by atoms with E-state index in [2.05, 4.69) is 214 Å². The van der Waals surface area contributed by atoms with Crippen LogP contribution in [0.4, 0.5) is 11.4 Å². The Morgan fingerprint density at radius 1 is 0.702 bits per heavy atom. The fourth-order valence-corrected chi connectivity index (χ4v) is 9.25. The zero-order valence-corrected chi connectivity index (χ0v) is 33.5. The Morgan fingerprint density at radius 2 is 1.40 bits per heavy atom. The van der Waals surface area contributed by atoms with Gasteiger partial charge in [-0.3, -0.25) is 0 Å². The summed E-state index contributed by atoms with van der Waals surface area (Å²) in [5.74, 6) is 0. The third-order valence-corrected chi connectivity index (χ3v) is 11.8. The summed E-state index contributed by atoms with van der Waals surface area (Å²) in [6, 6.07) is 45.6. The predicted octanol–water partition coefficient (Wildman–Crippen LogP) is 14.9. The van der Waals surface area contributed by atoms with Crippen LogP contribution in [0, 0.1) is 0 Å². The van der Waals surface area contributed by atoms with Crippen LogP contribution in [0.2, 0.25) is 0 Å². The maximum absolute atomic E-state index is 4.32. The molecule has 2 unspecified atom stereocenters. The van der Waals surface area contributed by atoms with Crippen LogP contribution >= 0.6 is 0 Å². The highest BCUT2D eigenvalue weighted by molar-refractivity contribution is 5.88. The quantitative estimate of drug-likeness (QED) is 0.107. The van der Waals surface area contributed by atoms with E-state index in [1.54, 1.807) is 0 Å². The molecule has 5 aromatic carbocycles. The summed E-state index contributed by atoms with van der Waals surface area (Å²) in [5, 5.41) is 0. The number of hydrogen-bond donors (Lipinski definition) is 0. The lowest BCUT2D eigenvalue weighted by Crippen LogP contribution is -2.34. The molecule has 5 aromatic rings. The lowest BCUT2D eigenvalue weighted by atomic mass is 9.65. The molecule has 2 atom stereocenters. The molecule has 8 rings (SSSR count). The van der Waals surface area contributed by atoms with Gasteiger partial charge in [0.25, 0.3) is 0 Å². The Labute approximate surface area is 341 Å². The number of anilines is 2. The molecule has 3 aliphatic rings. The van der Waals surface area contributed by atoms with E-state index in [1.165, 1.54) is 61.4 Å². The second-order valence-electron chi connectivity index (χ2n) is 14.7. The standard InChI is InChI=1S/C54H49N.C2H4/c1-5-9-20-39(7-3)41-31-33-45(34-32-41)55(53-28-18-15-24-47(53)42-21-11-10-12-22-42)46-35-36-49-48-25-14-17-27-51(48)54(52(49)37-46)38-44(19-6-2)40(8-4)29-30-43-23-13-16-26-50(43)54;1-2/h5-27,31-37,53H,3-4,28-30,38H2,1-2H3;1-2H2/b9-5-,19-6-,39-20+,44-40-;. The normalized spacial score (nSPS) is 19.8. The minimum absolute atomic E-state index is 0.0870. The van der Waals surface area contributed by atoms with Gasteiger partial charge < -0.3 is 4.90 Å². The number of nitrogens with zero attached hydrogens (tertiary/aromatic N) is 1. The molecule has 0 saturated heterocycles. The molecule has 0 fully saturated rings. The van der Waals surface area contributed by atoms with Gasteiger partial charge in [-0.25, -0.2) is 0 Å². The Hall–Kier alpha value is -6.44. The second kappa shape index (κ2) is 17.6. The van der Waals surface area contributed by atoms with Crippen LogP contribution in [0.25, 0.3) is 22.3 Å². The van der Waals surface area contributed by atoms with Crippen LogP contribution in [0.5, 0.6) is 0 Å². The molecular weight excluding hydrogens is 687 g/mol. The average Bonchev–Trinajstić information content (AvgIpc) is 3.55. The lowest BCUT2D eigenvalue weighted by molar-refractivity contribution is 0.610. The largest absolute Gasteiger partial charge is 0.334 e. The van der Waals surface area contributed by atoms with E-state index in [9.17, 15) is 0 Å². The number of allylic oxidation sites excluding steroid dienone is 12. The Kier molecular flexibility index (Phi) is 12.0. The minimum atomic E-state index is -0.376. The van der Waals surface area contributed by atoms with Crippen molar-refractivity contribution in [3.8, 4) is 11.1 Å². The van der Waals surface area contributed by atoms with E-state index < -0.39 is 0 Å². The molecule has 1 nitrogen and oxygen atoms in total. The molecule has 57 heavy (non-hydrogen) atoms. The van der Waals surface area contributed by atoms with Crippen molar-refractivity contribution in [3.63, 3.8) is 0 Å². The first kappa shape index (κ1) is 38.8. The van der Waals surface area contributed by atoms with Gasteiger partial charge >= 0.3 is 0 Å². The summed E-state index contributed by atoms with van der Waals surface area (Å²) in [6.45, 7) is 18.6. The van der Waals surface area contributed by atoms with Crippen molar-refractivity contribution in [2.24, 2.45) is 0 Å². The predicted molar refractivity (Wildman–Crippen MR) is 248 cm³/mol. The van der Waals surface area contributed by atoms with Crippen LogP contribution in [0.15, 0.2) is 220 Å². The minimum Gasteiger partial charge on any atom is -0.334 e. The Balaban J connectivity index is 0.00000244.